The number of hydrogen-bond acceptors (Lipinski definition) is 7. The smallest absolute Gasteiger partial charge is 0.304 e. The number of ether oxygens (including phenoxy) is 1. The zero-order valence-corrected chi connectivity index (χ0v) is 17.0. The Morgan fingerprint density at radius 1 is 1.14 bits per heavy atom. The number of carbonyl (C=O) groups excluding carboxylic acids is 1. The molecule has 1 heterocycles. The van der Waals surface area contributed by atoms with Crippen molar-refractivity contribution in [3.05, 3.63) is 82.9 Å². The molecule has 29 heavy (non-hydrogen) atoms. The van der Waals surface area contributed by atoms with E-state index in [-0.39, 0.29) is 0 Å². The van der Waals surface area contributed by atoms with Crippen LogP contribution in [0.1, 0.15) is 16.7 Å². The molecule has 1 aliphatic heterocycles. The molecule has 0 spiro atoms. The molecule has 1 atom stereocenters. The summed E-state index contributed by atoms with van der Waals surface area (Å²) in [6, 6.07) is 16.7. The summed E-state index contributed by atoms with van der Waals surface area (Å²) in [6.45, 7) is 0. The van der Waals surface area contributed by atoms with Gasteiger partial charge in [-0.2, -0.15) is 13.7 Å². The maximum absolute atomic E-state index is 13.0. The van der Waals surface area contributed by atoms with Crippen LogP contribution in [0, 0.1) is 11.3 Å². The summed E-state index contributed by atoms with van der Waals surface area (Å²) in [6.07, 6.45) is 0. The highest BCUT2D eigenvalue weighted by Gasteiger charge is 2.50. The van der Waals surface area contributed by atoms with Crippen LogP contribution in [-0.4, -0.2) is 37.7 Å². The molecule has 2 N–H and O–H groups in total. The van der Waals surface area contributed by atoms with Crippen molar-refractivity contribution in [2.24, 2.45) is 5.73 Å². The Kier molecular flexibility index (Phi) is 5.01. The lowest BCUT2D eigenvalue weighted by Crippen LogP contribution is -2.40. The molecule has 1 aliphatic rings. The van der Waals surface area contributed by atoms with Crippen molar-refractivity contribution < 1.29 is 22.1 Å². The molecule has 7 nitrogen and oxygen atoms in total. The minimum atomic E-state index is -4.30. The average Bonchev–Trinajstić information content (AvgIpc) is 2.92. The van der Waals surface area contributed by atoms with E-state index in [4.69, 9.17) is 19.9 Å². The molecule has 0 saturated heterocycles. The molecule has 0 radical (unpaired) electrons. The number of hydrogen-bond donors (Lipinski definition) is 1. The van der Waals surface area contributed by atoms with E-state index < -0.39 is 37.6 Å². The number of nitrogens with zero attached hydrogens (tertiary/aromatic N) is 1. The molecule has 0 saturated carbocycles. The number of Topliss-reactive ketones (excluding diaryl/α,β-unsaturated/α-hetero) is 1. The van der Waals surface area contributed by atoms with Crippen molar-refractivity contribution in [1.82, 2.24) is 0 Å². The quantitative estimate of drug-likeness (QED) is 0.474. The van der Waals surface area contributed by atoms with Crippen molar-refractivity contribution in [1.29, 1.82) is 5.26 Å². The lowest BCUT2D eigenvalue weighted by Gasteiger charge is -2.26. The van der Waals surface area contributed by atoms with E-state index in [1.807, 2.05) is 6.07 Å². The molecule has 0 bridgehead atoms. The molecule has 2 aromatic rings. The van der Waals surface area contributed by atoms with Gasteiger partial charge < -0.3 is 14.7 Å². The number of carbonyl (C=O) groups is 1. The van der Waals surface area contributed by atoms with E-state index in [0.29, 0.717) is 16.7 Å². The molecular formula is C18H17B3N2O5S. The molecule has 2 aromatic carbocycles. The molecular weight excluding hydrogens is 389 g/mol. The number of nitriles is 1. The number of benzene rings is 2. The first-order chi connectivity index (χ1) is 13.5. The van der Waals surface area contributed by atoms with Gasteiger partial charge in [0, 0.05) is 0 Å². The van der Waals surface area contributed by atoms with Crippen LogP contribution in [-0.2, 0) is 33.9 Å². The van der Waals surface area contributed by atoms with Gasteiger partial charge in [-0.25, -0.2) is 0 Å². The van der Waals surface area contributed by atoms with E-state index in [1.165, 1.54) is 29.6 Å². The van der Waals surface area contributed by atoms with E-state index in [9.17, 15) is 13.2 Å². The van der Waals surface area contributed by atoms with Gasteiger partial charge in [-0.15, -0.1) is 0 Å². The molecule has 0 aliphatic carbocycles. The maximum atomic E-state index is 13.0. The first-order valence-corrected chi connectivity index (χ1v) is 10.2. The van der Waals surface area contributed by atoms with E-state index in [2.05, 4.69) is 0 Å². The molecule has 1 unspecified atom stereocenters. The van der Waals surface area contributed by atoms with Crippen molar-refractivity contribution >= 4 is 39.4 Å². The summed E-state index contributed by atoms with van der Waals surface area (Å²) in [7, 11) is 0.103. The van der Waals surface area contributed by atoms with Gasteiger partial charge in [0.25, 0.3) is 0 Å². The zero-order valence-electron chi connectivity index (χ0n) is 16.2. The van der Waals surface area contributed by atoms with Gasteiger partial charge in [0.1, 0.15) is 15.7 Å². The molecule has 144 valence electrons. The fourth-order valence-electron chi connectivity index (χ4n) is 2.99. The molecule has 0 fully saturated rings. The maximum Gasteiger partial charge on any atom is 0.304 e. The third kappa shape index (κ3) is 3.40. The van der Waals surface area contributed by atoms with Gasteiger partial charge in [0.2, 0.25) is 17.4 Å². The summed E-state index contributed by atoms with van der Waals surface area (Å²) in [4.78, 5) is 13.0. The number of rotatable bonds is 5. The highest BCUT2D eigenvalue weighted by molar-refractivity contribution is 7.90. The molecule has 11 heteroatoms. The number of nitrogens with two attached hydrogens (primary N) is 1. The van der Waals surface area contributed by atoms with Crippen LogP contribution in [0.4, 0.5) is 0 Å². The second-order valence-corrected chi connectivity index (χ2v) is 9.36. The van der Waals surface area contributed by atoms with E-state index in [1.54, 1.807) is 48.5 Å². The van der Waals surface area contributed by atoms with Gasteiger partial charge in [0.05, 0.1) is 16.2 Å². The van der Waals surface area contributed by atoms with Crippen molar-refractivity contribution in [3.8, 4) is 6.07 Å². The molecule has 0 amide bonds. The molecule has 0 aromatic heterocycles. The standard InChI is InChI=1S/C18H17B3N2O5S/c19-17(13-8-4-5-11(9-13)10-22)15(24)14(16(23)27-17)28-29(25,26)18(20,21)12-6-2-1-3-7-12/h1-9H,19-21,23H2. The second kappa shape index (κ2) is 7.05. The fourth-order valence-corrected chi connectivity index (χ4v) is 4.00. The first kappa shape index (κ1) is 20.6. The Hall–Kier alpha value is -3.12. The van der Waals surface area contributed by atoms with Crippen LogP contribution < -0.4 is 5.73 Å². The zero-order chi connectivity index (χ0) is 21.4. The monoisotopic (exact) mass is 406 g/mol. The minimum Gasteiger partial charge on any atom is -0.467 e. The van der Waals surface area contributed by atoms with Crippen LogP contribution in [0.25, 0.3) is 0 Å². The van der Waals surface area contributed by atoms with Crippen LogP contribution in [0.15, 0.2) is 66.2 Å². The SMILES string of the molecule is BC1(c2cccc(C#N)c2)OC(N)=C(OS(=O)(=O)C(B)(B)c2ccccc2)C1=O. The average molecular weight is 406 g/mol. The van der Waals surface area contributed by atoms with Gasteiger partial charge >= 0.3 is 10.1 Å². The summed E-state index contributed by atoms with van der Waals surface area (Å²) in [5.41, 5.74) is 5.41. The normalized spacial score (nSPS) is 19.5. The molecule has 3 rings (SSSR count). The Morgan fingerprint density at radius 2 is 1.79 bits per heavy atom. The Labute approximate surface area is 171 Å². The third-order valence-corrected chi connectivity index (χ3v) is 6.88. The highest BCUT2D eigenvalue weighted by atomic mass is 32.2. The Balaban J connectivity index is 1.95. The topological polar surface area (TPSA) is 119 Å². The van der Waals surface area contributed by atoms with Gasteiger partial charge in [-0.1, -0.05) is 42.5 Å². The Morgan fingerprint density at radius 3 is 2.41 bits per heavy atom. The van der Waals surface area contributed by atoms with E-state index >= 15 is 0 Å². The first-order valence-electron chi connectivity index (χ1n) is 8.76. The highest BCUT2D eigenvalue weighted by Crippen LogP contribution is 2.38. The van der Waals surface area contributed by atoms with Crippen LogP contribution >= 0.6 is 0 Å². The third-order valence-electron chi connectivity index (χ3n) is 5.01. The predicted octanol–water partition coefficient (Wildman–Crippen LogP) is -1.51. The fraction of sp³-hybridized carbons (Fsp3) is 0.111. The lowest BCUT2D eigenvalue weighted by atomic mass is 9.65. The summed E-state index contributed by atoms with van der Waals surface area (Å²) in [5.74, 6) is -1.73. The van der Waals surface area contributed by atoms with Crippen molar-refractivity contribution in [2.45, 2.75) is 10.0 Å². The largest absolute Gasteiger partial charge is 0.467 e. The summed E-state index contributed by atoms with van der Waals surface area (Å²) >= 11 is 0. The lowest BCUT2D eigenvalue weighted by molar-refractivity contribution is -0.126. The minimum absolute atomic E-state index is 0.325. The Bertz CT molecular complexity index is 1160. The van der Waals surface area contributed by atoms with Crippen LogP contribution in [0.3, 0.4) is 0 Å². The van der Waals surface area contributed by atoms with E-state index in [0.717, 1.165) is 0 Å². The van der Waals surface area contributed by atoms with Crippen molar-refractivity contribution in [3.63, 3.8) is 0 Å². The van der Waals surface area contributed by atoms with Crippen molar-refractivity contribution in [2.75, 3.05) is 0 Å². The van der Waals surface area contributed by atoms with Gasteiger partial charge in [0.15, 0.2) is 13.3 Å². The van der Waals surface area contributed by atoms with Crippen LogP contribution in [0.5, 0.6) is 0 Å². The van der Waals surface area contributed by atoms with Gasteiger partial charge in [-0.05, 0) is 23.3 Å². The number of ketones is 1. The summed E-state index contributed by atoms with van der Waals surface area (Å²) < 4.78 is 35.3. The second-order valence-electron chi connectivity index (χ2n) is 7.26. The predicted molar refractivity (Wildman–Crippen MR) is 114 cm³/mol. The van der Waals surface area contributed by atoms with Gasteiger partial charge in [-0.3, -0.25) is 4.79 Å². The summed E-state index contributed by atoms with van der Waals surface area (Å²) in [5, 5.41) is 9.09. The van der Waals surface area contributed by atoms with Crippen LogP contribution in [0.2, 0.25) is 0 Å².